The minimum absolute atomic E-state index is 0.117. The van der Waals surface area contributed by atoms with E-state index in [1.807, 2.05) is 23.1 Å². The normalized spacial score (nSPS) is 27.2. The number of piperidine rings is 2. The Morgan fingerprint density at radius 1 is 1.13 bits per heavy atom. The van der Waals surface area contributed by atoms with E-state index < -0.39 is 0 Å². The Bertz CT molecular complexity index is 544. The summed E-state index contributed by atoms with van der Waals surface area (Å²) in [4.78, 5) is 17.2. The van der Waals surface area contributed by atoms with Crippen LogP contribution in [0, 0.1) is 11.8 Å². The van der Waals surface area contributed by atoms with Crippen molar-refractivity contribution in [3.05, 3.63) is 34.9 Å². The second-order valence-corrected chi connectivity index (χ2v) is 7.87. The summed E-state index contributed by atoms with van der Waals surface area (Å²) >= 11 is 6.00. The van der Waals surface area contributed by atoms with Crippen LogP contribution in [0.15, 0.2) is 24.3 Å². The van der Waals surface area contributed by atoms with Crippen LogP contribution in [0.4, 0.5) is 0 Å². The predicted octanol–water partition coefficient (Wildman–Crippen LogP) is 3.92. The largest absolute Gasteiger partial charge is 0.339 e. The maximum absolute atomic E-state index is 12.6. The zero-order valence-corrected chi connectivity index (χ0v) is 14.9. The first-order chi connectivity index (χ1) is 11.0. The van der Waals surface area contributed by atoms with Gasteiger partial charge in [-0.3, -0.25) is 9.69 Å². The maximum Gasteiger partial charge on any atom is 0.253 e. The van der Waals surface area contributed by atoms with Crippen molar-refractivity contribution >= 4 is 17.5 Å². The van der Waals surface area contributed by atoms with Crippen LogP contribution < -0.4 is 0 Å². The number of amides is 1. The van der Waals surface area contributed by atoms with Gasteiger partial charge >= 0.3 is 0 Å². The summed E-state index contributed by atoms with van der Waals surface area (Å²) in [7, 11) is 0. The summed E-state index contributed by atoms with van der Waals surface area (Å²) in [6.45, 7) is 8.87. The lowest BCUT2D eigenvalue weighted by Crippen LogP contribution is -2.50. The van der Waals surface area contributed by atoms with Gasteiger partial charge in [-0.2, -0.15) is 0 Å². The number of benzene rings is 1. The lowest BCUT2D eigenvalue weighted by molar-refractivity contribution is 0.0450. The number of rotatable bonds is 2. The third kappa shape index (κ3) is 4.07. The fourth-order valence-corrected chi connectivity index (χ4v) is 4.44. The fraction of sp³-hybridized carbons (Fsp3) is 0.632. The highest BCUT2D eigenvalue weighted by Crippen LogP contribution is 2.27. The highest BCUT2D eigenvalue weighted by atomic mass is 35.5. The van der Waals surface area contributed by atoms with Crippen LogP contribution in [0.5, 0.6) is 0 Å². The summed E-state index contributed by atoms with van der Waals surface area (Å²) in [5.41, 5.74) is 0.705. The van der Waals surface area contributed by atoms with E-state index in [2.05, 4.69) is 18.7 Å². The number of likely N-dealkylation sites (tertiary alicyclic amines) is 2. The highest BCUT2D eigenvalue weighted by molar-refractivity contribution is 6.30. The van der Waals surface area contributed by atoms with E-state index in [1.54, 1.807) is 6.07 Å². The quantitative estimate of drug-likeness (QED) is 0.818. The molecule has 2 aliphatic rings. The molecule has 0 aliphatic carbocycles. The second kappa shape index (κ2) is 7.23. The van der Waals surface area contributed by atoms with Crippen molar-refractivity contribution in [3.8, 4) is 0 Å². The van der Waals surface area contributed by atoms with E-state index in [1.165, 1.54) is 19.5 Å². The zero-order valence-electron chi connectivity index (χ0n) is 14.2. The highest BCUT2D eigenvalue weighted by Gasteiger charge is 2.31. The Hall–Kier alpha value is -1.06. The Kier molecular flexibility index (Phi) is 5.27. The van der Waals surface area contributed by atoms with E-state index in [4.69, 9.17) is 11.6 Å². The molecule has 1 aromatic rings. The molecule has 2 fully saturated rings. The molecule has 2 aliphatic heterocycles. The average Bonchev–Trinajstić information content (AvgIpc) is 2.53. The van der Waals surface area contributed by atoms with Crippen LogP contribution in [-0.2, 0) is 0 Å². The summed E-state index contributed by atoms with van der Waals surface area (Å²) in [6.07, 6.45) is 3.53. The van der Waals surface area contributed by atoms with Crippen LogP contribution >= 0.6 is 11.6 Å². The number of nitrogens with zero attached hydrogens (tertiary/aromatic N) is 2. The first kappa shape index (κ1) is 16.8. The molecule has 2 heterocycles. The number of hydrogen-bond acceptors (Lipinski definition) is 2. The van der Waals surface area contributed by atoms with Crippen LogP contribution in [0.25, 0.3) is 0 Å². The van der Waals surface area contributed by atoms with Gasteiger partial charge in [0.2, 0.25) is 0 Å². The van der Waals surface area contributed by atoms with E-state index in [-0.39, 0.29) is 5.91 Å². The molecule has 1 aromatic carbocycles. The molecule has 126 valence electrons. The van der Waals surface area contributed by atoms with Gasteiger partial charge in [0.05, 0.1) is 0 Å². The molecular weight excluding hydrogens is 308 g/mol. The fourth-order valence-electron chi connectivity index (χ4n) is 4.25. The van der Waals surface area contributed by atoms with E-state index >= 15 is 0 Å². The zero-order chi connectivity index (χ0) is 16.4. The molecular formula is C19H27ClN2O. The van der Waals surface area contributed by atoms with Gasteiger partial charge in [0.25, 0.3) is 5.91 Å². The summed E-state index contributed by atoms with van der Waals surface area (Å²) in [5.74, 6) is 1.71. The van der Waals surface area contributed by atoms with Crippen molar-refractivity contribution in [1.82, 2.24) is 9.80 Å². The topological polar surface area (TPSA) is 23.6 Å². The van der Waals surface area contributed by atoms with Crippen LogP contribution in [0.3, 0.4) is 0 Å². The molecule has 4 heteroatoms. The van der Waals surface area contributed by atoms with Gasteiger partial charge in [-0.25, -0.2) is 0 Å². The van der Waals surface area contributed by atoms with Gasteiger partial charge < -0.3 is 4.90 Å². The third-order valence-corrected chi connectivity index (χ3v) is 5.47. The van der Waals surface area contributed by atoms with Crippen LogP contribution in [0.2, 0.25) is 5.02 Å². The van der Waals surface area contributed by atoms with Crippen molar-refractivity contribution in [2.24, 2.45) is 11.8 Å². The average molecular weight is 335 g/mol. The summed E-state index contributed by atoms with van der Waals surface area (Å²) in [5, 5.41) is 0.627. The Balaban J connectivity index is 1.57. The number of halogens is 1. The Morgan fingerprint density at radius 3 is 2.39 bits per heavy atom. The second-order valence-electron chi connectivity index (χ2n) is 7.43. The lowest BCUT2D eigenvalue weighted by Gasteiger charge is -2.43. The van der Waals surface area contributed by atoms with Gasteiger partial charge in [0.1, 0.15) is 0 Å². The molecule has 2 atom stereocenters. The maximum atomic E-state index is 12.6. The van der Waals surface area contributed by atoms with Crippen LogP contribution in [0.1, 0.15) is 43.5 Å². The standard InChI is InChI=1S/C19H27ClN2O/c1-14-10-15(2)13-22(12-14)18-6-8-21(9-7-18)19(23)16-4-3-5-17(20)11-16/h3-5,11,14-15,18H,6-10,12-13H2,1-2H3. The molecule has 0 radical (unpaired) electrons. The molecule has 23 heavy (non-hydrogen) atoms. The minimum atomic E-state index is 0.117. The molecule has 0 saturated carbocycles. The number of carbonyl (C=O) groups excluding carboxylic acids is 1. The van der Waals surface area contributed by atoms with Crippen molar-refractivity contribution in [2.75, 3.05) is 26.2 Å². The molecule has 1 amide bonds. The monoisotopic (exact) mass is 334 g/mol. The van der Waals surface area contributed by atoms with Gasteiger partial charge in [-0.15, -0.1) is 0 Å². The van der Waals surface area contributed by atoms with Crippen molar-refractivity contribution in [2.45, 2.75) is 39.2 Å². The van der Waals surface area contributed by atoms with Gasteiger partial charge in [0, 0.05) is 42.8 Å². The molecule has 3 nitrogen and oxygen atoms in total. The first-order valence-electron chi connectivity index (χ1n) is 8.82. The summed E-state index contributed by atoms with van der Waals surface area (Å²) < 4.78 is 0. The van der Waals surface area contributed by atoms with Gasteiger partial charge in [-0.05, 0) is 49.3 Å². The first-order valence-corrected chi connectivity index (χ1v) is 9.19. The molecule has 0 N–H and O–H groups in total. The smallest absolute Gasteiger partial charge is 0.253 e. The van der Waals surface area contributed by atoms with E-state index in [0.29, 0.717) is 16.6 Å². The summed E-state index contributed by atoms with van der Waals surface area (Å²) in [6, 6.07) is 7.92. The van der Waals surface area contributed by atoms with Gasteiger partial charge in [0.15, 0.2) is 0 Å². The van der Waals surface area contributed by atoms with Crippen molar-refractivity contribution in [1.29, 1.82) is 0 Å². The number of carbonyl (C=O) groups is 1. The molecule has 0 spiro atoms. The van der Waals surface area contributed by atoms with Crippen molar-refractivity contribution in [3.63, 3.8) is 0 Å². The molecule has 3 rings (SSSR count). The molecule has 2 unspecified atom stereocenters. The SMILES string of the molecule is CC1CC(C)CN(C2CCN(C(=O)c3cccc(Cl)c3)CC2)C1. The Morgan fingerprint density at radius 2 is 1.78 bits per heavy atom. The lowest BCUT2D eigenvalue weighted by atomic mass is 9.89. The van der Waals surface area contributed by atoms with E-state index in [9.17, 15) is 4.79 Å². The predicted molar refractivity (Wildman–Crippen MR) is 94.9 cm³/mol. The third-order valence-electron chi connectivity index (χ3n) is 5.24. The van der Waals surface area contributed by atoms with Crippen molar-refractivity contribution < 1.29 is 4.79 Å². The molecule has 2 saturated heterocycles. The van der Waals surface area contributed by atoms with Crippen LogP contribution in [-0.4, -0.2) is 47.9 Å². The Labute approximate surface area is 144 Å². The molecule has 0 bridgehead atoms. The van der Waals surface area contributed by atoms with Gasteiger partial charge in [-0.1, -0.05) is 31.5 Å². The number of hydrogen-bond donors (Lipinski definition) is 0. The molecule has 0 aromatic heterocycles. The van der Waals surface area contributed by atoms with E-state index in [0.717, 1.165) is 37.8 Å². The minimum Gasteiger partial charge on any atom is -0.339 e.